The summed E-state index contributed by atoms with van der Waals surface area (Å²) in [4.78, 5) is 4.29. The molecule has 96 valence electrons. The van der Waals surface area contributed by atoms with E-state index in [0.29, 0.717) is 12.4 Å². The summed E-state index contributed by atoms with van der Waals surface area (Å²) in [5.74, 6) is 0.388. The molecule has 0 aliphatic carbocycles. The number of rotatable bonds is 6. The quantitative estimate of drug-likeness (QED) is 0.795. The third kappa shape index (κ3) is 3.98. The summed E-state index contributed by atoms with van der Waals surface area (Å²) in [6.45, 7) is 2.51. The van der Waals surface area contributed by atoms with E-state index in [4.69, 9.17) is 5.73 Å². The molecule has 1 heterocycles. The van der Waals surface area contributed by atoms with Gasteiger partial charge in [0.1, 0.15) is 10.7 Å². The Morgan fingerprint density at radius 1 is 1.53 bits per heavy atom. The Balaban J connectivity index is 2.98. The van der Waals surface area contributed by atoms with Gasteiger partial charge in [-0.15, -0.1) is 0 Å². The molecule has 0 spiro atoms. The molecule has 1 rings (SSSR count). The first-order valence-electron chi connectivity index (χ1n) is 5.60. The summed E-state index contributed by atoms with van der Waals surface area (Å²) in [6, 6.07) is 3.21. The molecule has 0 fully saturated rings. The zero-order valence-corrected chi connectivity index (χ0v) is 11.0. The lowest BCUT2D eigenvalue weighted by Gasteiger charge is -2.18. The number of anilines is 1. The van der Waals surface area contributed by atoms with Gasteiger partial charge in [-0.3, -0.25) is 0 Å². The molecule has 0 saturated carbocycles. The normalized spacial score (nSPS) is 13.4. The molecule has 0 bridgehead atoms. The summed E-state index contributed by atoms with van der Waals surface area (Å²) < 4.78 is 23.1. The summed E-state index contributed by atoms with van der Waals surface area (Å²) >= 11 is 0. The van der Waals surface area contributed by atoms with Crippen molar-refractivity contribution in [2.75, 3.05) is 18.1 Å². The van der Waals surface area contributed by atoms with E-state index in [1.54, 1.807) is 18.3 Å². The number of hydrogen-bond donors (Lipinski definition) is 2. The Kier molecular flexibility index (Phi) is 4.89. The molecule has 1 aromatic rings. The van der Waals surface area contributed by atoms with E-state index in [1.807, 2.05) is 0 Å². The van der Waals surface area contributed by atoms with Crippen LogP contribution in [-0.2, 0) is 9.84 Å². The number of hydrogen-bond acceptors (Lipinski definition) is 5. The highest BCUT2D eigenvalue weighted by molar-refractivity contribution is 7.90. The Labute approximate surface area is 102 Å². The van der Waals surface area contributed by atoms with Crippen molar-refractivity contribution in [2.24, 2.45) is 5.73 Å². The fourth-order valence-electron chi connectivity index (χ4n) is 1.59. The average Bonchev–Trinajstić information content (AvgIpc) is 2.27. The van der Waals surface area contributed by atoms with Crippen molar-refractivity contribution in [2.45, 2.75) is 30.7 Å². The fourth-order valence-corrected chi connectivity index (χ4v) is 2.38. The van der Waals surface area contributed by atoms with E-state index in [-0.39, 0.29) is 10.9 Å². The van der Waals surface area contributed by atoms with Crippen LogP contribution in [0.3, 0.4) is 0 Å². The standard InChI is InChI=1S/C11H19N3O2S/c1-3-5-9(8-12)14-11-10(17(2,15)16)6-4-7-13-11/h4,6-7,9H,3,5,8,12H2,1-2H3,(H,13,14). The summed E-state index contributed by atoms with van der Waals surface area (Å²) in [5.41, 5.74) is 5.63. The molecule has 6 heteroatoms. The van der Waals surface area contributed by atoms with E-state index in [0.717, 1.165) is 12.8 Å². The molecule has 0 saturated heterocycles. The van der Waals surface area contributed by atoms with E-state index in [2.05, 4.69) is 17.2 Å². The molecule has 0 aliphatic rings. The maximum Gasteiger partial charge on any atom is 0.179 e. The van der Waals surface area contributed by atoms with Crippen molar-refractivity contribution in [3.8, 4) is 0 Å². The molecule has 5 nitrogen and oxygen atoms in total. The van der Waals surface area contributed by atoms with Gasteiger partial charge in [-0.1, -0.05) is 13.3 Å². The van der Waals surface area contributed by atoms with Gasteiger partial charge in [0.25, 0.3) is 0 Å². The minimum absolute atomic E-state index is 0.0513. The van der Waals surface area contributed by atoms with E-state index in [9.17, 15) is 8.42 Å². The van der Waals surface area contributed by atoms with Crippen molar-refractivity contribution >= 4 is 15.7 Å². The second kappa shape index (κ2) is 5.97. The number of nitrogens with two attached hydrogens (primary N) is 1. The second-order valence-corrected chi connectivity index (χ2v) is 5.97. The van der Waals surface area contributed by atoms with Crippen LogP contribution < -0.4 is 11.1 Å². The number of nitrogens with one attached hydrogen (secondary N) is 1. The monoisotopic (exact) mass is 257 g/mol. The van der Waals surface area contributed by atoms with Crippen LogP contribution >= 0.6 is 0 Å². The zero-order valence-electron chi connectivity index (χ0n) is 10.2. The first kappa shape index (κ1) is 13.9. The van der Waals surface area contributed by atoms with Gasteiger partial charge in [-0.05, 0) is 18.6 Å². The van der Waals surface area contributed by atoms with Gasteiger partial charge in [-0.2, -0.15) is 0 Å². The van der Waals surface area contributed by atoms with Crippen LogP contribution in [0, 0.1) is 0 Å². The van der Waals surface area contributed by atoms with Gasteiger partial charge in [0, 0.05) is 25.0 Å². The fraction of sp³-hybridized carbons (Fsp3) is 0.545. The molecular formula is C11H19N3O2S. The predicted octanol–water partition coefficient (Wildman–Crippen LogP) is 1.02. The van der Waals surface area contributed by atoms with Gasteiger partial charge >= 0.3 is 0 Å². The maximum absolute atomic E-state index is 11.6. The van der Waals surface area contributed by atoms with E-state index >= 15 is 0 Å². The number of pyridine rings is 1. The summed E-state index contributed by atoms with van der Waals surface area (Å²) in [5, 5.41) is 3.09. The van der Waals surface area contributed by atoms with Crippen molar-refractivity contribution in [1.82, 2.24) is 4.98 Å². The van der Waals surface area contributed by atoms with Crippen molar-refractivity contribution in [3.63, 3.8) is 0 Å². The molecule has 1 unspecified atom stereocenters. The highest BCUT2D eigenvalue weighted by Gasteiger charge is 2.16. The zero-order chi connectivity index (χ0) is 12.9. The lowest BCUT2D eigenvalue weighted by Crippen LogP contribution is -2.29. The van der Waals surface area contributed by atoms with Crippen LogP contribution in [0.25, 0.3) is 0 Å². The van der Waals surface area contributed by atoms with Crippen molar-refractivity contribution in [3.05, 3.63) is 18.3 Å². The SMILES string of the molecule is CCCC(CN)Nc1ncccc1S(C)(=O)=O. The molecule has 0 aromatic carbocycles. The third-order valence-electron chi connectivity index (χ3n) is 2.43. The highest BCUT2D eigenvalue weighted by Crippen LogP contribution is 2.19. The largest absolute Gasteiger partial charge is 0.365 e. The average molecular weight is 257 g/mol. The number of aromatic nitrogens is 1. The predicted molar refractivity (Wildman–Crippen MR) is 68.7 cm³/mol. The van der Waals surface area contributed by atoms with Crippen LogP contribution in [0.15, 0.2) is 23.2 Å². The van der Waals surface area contributed by atoms with Gasteiger partial charge in [0.2, 0.25) is 0 Å². The lowest BCUT2D eigenvalue weighted by molar-refractivity contribution is 0.600. The number of sulfone groups is 1. The Bertz CT molecular complexity index is 460. The first-order chi connectivity index (χ1) is 7.99. The van der Waals surface area contributed by atoms with Crippen LogP contribution in [0.5, 0.6) is 0 Å². The number of nitrogens with zero attached hydrogens (tertiary/aromatic N) is 1. The minimum Gasteiger partial charge on any atom is -0.365 e. The van der Waals surface area contributed by atoms with E-state index < -0.39 is 9.84 Å². The van der Waals surface area contributed by atoms with Crippen LogP contribution in [0.4, 0.5) is 5.82 Å². The van der Waals surface area contributed by atoms with Gasteiger partial charge in [0.15, 0.2) is 9.84 Å². The van der Waals surface area contributed by atoms with Crippen LogP contribution in [-0.4, -0.2) is 32.2 Å². The van der Waals surface area contributed by atoms with Crippen molar-refractivity contribution < 1.29 is 8.42 Å². The molecule has 1 atom stereocenters. The Morgan fingerprint density at radius 2 is 2.24 bits per heavy atom. The molecular weight excluding hydrogens is 238 g/mol. The second-order valence-electron chi connectivity index (χ2n) is 3.99. The van der Waals surface area contributed by atoms with Gasteiger partial charge in [0.05, 0.1) is 0 Å². The third-order valence-corrected chi connectivity index (χ3v) is 3.56. The summed E-state index contributed by atoms with van der Waals surface area (Å²) in [7, 11) is -3.27. The molecule has 0 radical (unpaired) electrons. The summed E-state index contributed by atoms with van der Waals surface area (Å²) in [6.07, 6.45) is 4.61. The lowest BCUT2D eigenvalue weighted by atomic mass is 10.1. The van der Waals surface area contributed by atoms with Gasteiger partial charge in [-0.25, -0.2) is 13.4 Å². The van der Waals surface area contributed by atoms with Gasteiger partial charge < -0.3 is 11.1 Å². The Hall–Kier alpha value is -1.14. The molecule has 0 aliphatic heterocycles. The topological polar surface area (TPSA) is 85.1 Å². The van der Waals surface area contributed by atoms with E-state index in [1.165, 1.54) is 6.26 Å². The minimum atomic E-state index is -3.27. The highest BCUT2D eigenvalue weighted by atomic mass is 32.2. The maximum atomic E-state index is 11.6. The van der Waals surface area contributed by atoms with Crippen LogP contribution in [0.1, 0.15) is 19.8 Å². The van der Waals surface area contributed by atoms with Crippen molar-refractivity contribution in [1.29, 1.82) is 0 Å². The first-order valence-corrected chi connectivity index (χ1v) is 7.49. The smallest absolute Gasteiger partial charge is 0.179 e. The molecule has 3 N–H and O–H groups in total. The Morgan fingerprint density at radius 3 is 2.76 bits per heavy atom. The van der Waals surface area contributed by atoms with Crippen LogP contribution in [0.2, 0.25) is 0 Å². The molecule has 0 amide bonds. The molecule has 1 aromatic heterocycles. The molecule has 17 heavy (non-hydrogen) atoms.